The highest BCUT2D eigenvalue weighted by atomic mass is 32.2. The third kappa shape index (κ3) is 3.97. The molecule has 0 fully saturated rings. The Bertz CT molecular complexity index is 640. The van der Waals surface area contributed by atoms with Crippen LogP contribution in [-0.2, 0) is 10.7 Å². The summed E-state index contributed by atoms with van der Waals surface area (Å²) in [5, 5.41) is 10.5. The molecule has 0 radical (unpaired) electrons. The lowest BCUT2D eigenvalue weighted by molar-refractivity contribution is -0.384. The molecule has 0 amide bonds. The standard InChI is InChI=1S/C12H10F3N3O2S/c13-10(11(14)15)5-6-21-7-16-12(17-21)8-1-3-9(4-2-8)18(19)20/h1-4,7,12H,5-6H2. The smallest absolute Gasteiger partial charge is 0.258 e. The molecule has 1 aromatic carbocycles. The van der Waals surface area contributed by atoms with Crippen molar-refractivity contribution in [3.8, 4) is 0 Å². The van der Waals surface area contributed by atoms with Gasteiger partial charge in [0.15, 0.2) is 12.0 Å². The third-order valence-corrected chi connectivity index (χ3v) is 4.15. The van der Waals surface area contributed by atoms with Crippen LogP contribution in [0.4, 0.5) is 18.9 Å². The summed E-state index contributed by atoms with van der Waals surface area (Å²) in [4.78, 5) is 14.1. The largest absolute Gasteiger partial charge is 0.301 e. The summed E-state index contributed by atoms with van der Waals surface area (Å²) in [6.07, 6.45) is -3.20. The highest BCUT2D eigenvalue weighted by Gasteiger charge is 2.16. The van der Waals surface area contributed by atoms with E-state index in [2.05, 4.69) is 9.36 Å². The summed E-state index contributed by atoms with van der Waals surface area (Å²) < 4.78 is 40.8. The van der Waals surface area contributed by atoms with Crippen molar-refractivity contribution in [2.45, 2.75) is 12.6 Å². The van der Waals surface area contributed by atoms with Crippen LogP contribution in [0.3, 0.4) is 0 Å². The predicted molar refractivity (Wildman–Crippen MR) is 74.0 cm³/mol. The molecule has 21 heavy (non-hydrogen) atoms. The van der Waals surface area contributed by atoms with Gasteiger partial charge in [0.05, 0.1) is 10.5 Å². The van der Waals surface area contributed by atoms with Crippen molar-refractivity contribution >= 4 is 21.9 Å². The quantitative estimate of drug-likeness (QED) is 0.610. The van der Waals surface area contributed by atoms with Crippen LogP contribution in [0.15, 0.2) is 45.5 Å². The van der Waals surface area contributed by atoms with Gasteiger partial charge in [-0.15, -0.1) is 0 Å². The zero-order valence-corrected chi connectivity index (χ0v) is 11.4. The van der Waals surface area contributed by atoms with Crippen LogP contribution in [-0.4, -0.2) is 16.2 Å². The summed E-state index contributed by atoms with van der Waals surface area (Å²) in [7, 11) is -0.717. The lowest BCUT2D eigenvalue weighted by Crippen LogP contribution is -1.96. The lowest BCUT2D eigenvalue weighted by Gasteiger charge is -2.03. The number of non-ortho nitro benzene ring substituents is 1. The van der Waals surface area contributed by atoms with Crippen molar-refractivity contribution in [1.82, 2.24) is 0 Å². The maximum Gasteiger partial charge on any atom is 0.301 e. The average Bonchev–Trinajstić information content (AvgIpc) is 2.93. The van der Waals surface area contributed by atoms with E-state index in [9.17, 15) is 23.3 Å². The number of nitrogens with zero attached hydrogens (tertiary/aromatic N) is 3. The molecule has 5 nitrogen and oxygen atoms in total. The number of benzene rings is 1. The molecule has 1 aromatic rings. The molecule has 0 saturated carbocycles. The number of allylic oxidation sites excluding steroid dienone is 1. The van der Waals surface area contributed by atoms with Crippen LogP contribution < -0.4 is 0 Å². The summed E-state index contributed by atoms with van der Waals surface area (Å²) in [6.45, 7) is 0. The van der Waals surface area contributed by atoms with Crippen LogP contribution in [0.2, 0.25) is 0 Å². The fraction of sp³-hybridized carbons (Fsp3) is 0.250. The number of nitro groups is 1. The minimum atomic E-state index is -2.30. The van der Waals surface area contributed by atoms with E-state index in [4.69, 9.17) is 0 Å². The fourth-order valence-electron chi connectivity index (χ4n) is 1.62. The van der Waals surface area contributed by atoms with Crippen molar-refractivity contribution < 1.29 is 18.1 Å². The normalized spacial score (nSPS) is 20.1. The van der Waals surface area contributed by atoms with E-state index in [-0.39, 0.29) is 17.9 Å². The number of hydrogen-bond acceptors (Lipinski definition) is 4. The second kappa shape index (κ2) is 6.61. The van der Waals surface area contributed by atoms with E-state index in [1.165, 1.54) is 29.8 Å². The molecule has 2 rings (SSSR count). The molecule has 0 bridgehead atoms. The van der Waals surface area contributed by atoms with Crippen LogP contribution >= 0.6 is 0 Å². The van der Waals surface area contributed by atoms with E-state index in [1.807, 2.05) is 0 Å². The SMILES string of the molecule is O=[N+]([O-])c1ccc(C2N=CS(CCC(F)=C(F)F)=N2)cc1. The van der Waals surface area contributed by atoms with Gasteiger partial charge in [-0.25, -0.2) is 8.75 Å². The molecule has 2 unspecified atom stereocenters. The Morgan fingerprint density at radius 3 is 2.52 bits per heavy atom. The maximum atomic E-state index is 12.7. The number of nitro benzene ring substituents is 1. The van der Waals surface area contributed by atoms with Gasteiger partial charge in [0, 0.05) is 24.3 Å². The second-order valence-electron chi connectivity index (χ2n) is 4.10. The molecule has 9 heteroatoms. The summed E-state index contributed by atoms with van der Waals surface area (Å²) >= 11 is 0. The molecule has 0 aliphatic carbocycles. The molecule has 0 spiro atoms. The van der Waals surface area contributed by atoms with E-state index in [0.29, 0.717) is 5.56 Å². The first-order chi connectivity index (χ1) is 9.97. The van der Waals surface area contributed by atoms with Gasteiger partial charge in [-0.1, -0.05) is 10.7 Å². The Labute approximate surface area is 120 Å². The Hall–Kier alpha value is -2.03. The van der Waals surface area contributed by atoms with Gasteiger partial charge in [-0.3, -0.25) is 15.1 Å². The van der Waals surface area contributed by atoms with Crippen LogP contribution in [0.5, 0.6) is 0 Å². The molecular weight excluding hydrogens is 307 g/mol. The maximum absolute atomic E-state index is 12.7. The van der Waals surface area contributed by atoms with Gasteiger partial charge in [0.25, 0.3) is 5.69 Å². The van der Waals surface area contributed by atoms with Gasteiger partial charge in [0.1, 0.15) is 0 Å². The van der Waals surface area contributed by atoms with Gasteiger partial charge >= 0.3 is 6.08 Å². The van der Waals surface area contributed by atoms with Crippen LogP contribution in [0.1, 0.15) is 18.2 Å². The van der Waals surface area contributed by atoms with Crippen LogP contribution in [0.25, 0.3) is 0 Å². The number of aliphatic imine (C=N–C) groups is 1. The fourth-order valence-corrected chi connectivity index (χ4v) is 2.96. The van der Waals surface area contributed by atoms with Gasteiger partial charge in [-0.05, 0) is 17.7 Å². The Morgan fingerprint density at radius 2 is 1.95 bits per heavy atom. The van der Waals surface area contributed by atoms with Gasteiger partial charge in [0.2, 0.25) is 0 Å². The van der Waals surface area contributed by atoms with Gasteiger partial charge in [-0.2, -0.15) is 8.78 Å². The first-order valence-corrected chi connectivity index (χ1v) is 7.26. The van der Waals surface area contributed by atoms with Gasteiger partial charge < -0.3 is 0 Å². The molecule has 0 aromatic heterocycles. The molecule has 0 N–H and O–H groups in total. The van der Waals surface area contributed by atoms with E-state index in [1.54, 1.807) is 0 Å². The van der Waals surface area contributed by atoms with Crippen molar-refractivity contribution in [3.63, 3.8) is 0 Å². The Morgan fingerprint density at radius 1 is 1.29 bits per heavy atom. The van der Waals surface area contributed by atoms with Crippen molar-refractivity contribution in [2.75, 3.05) is 5.75 Å². The van der Waals surface area contributed by atoms with E-state index >= 15 is 0 Å². The van der Waals surface area contributed by atoms with E-state index in [0.717, 1.165) is 0 Å². The highest BCUT2D eigenvalue weighted by molar-refractivity contribution is 8.00. The van der Waals surface area contributed by atoms with Crippen molar-refractivity contribution in [1.29, 1.82) is 0 Å². The second-order valence-corrected chi connectivity index (χ2v) is 5.74. The highest BCUT2D eigenvalue weighted by Crippen LogP contribution is 2.26. The zero-order valence-electron chi connectivity index (χ0n) is 10.6. The molecule has 2 atom stereocenters. The number of rotatable bonds is 5. The Balaban J connectivity index is 2.02. The first-order valence-electron chi connectivity index (χ1n) is 5.85. The first kappa shape index (κ1) is 15.4. The zero-order chi connectivity index (χ0) is 15.4. The number of halogens is 3. The molecule has 1 aliphatic rings. The molecule has 112 valence electrons. The molecule has 0 saturated heterocycles. The minimum absolute atomic E-state index is 0.0367. The molecule has 1 aliphatic heterocycles. The summed E-state index contributed by atoms with van der Waals surface area (Å²) in [5.41, 5.74) is 2.14. The third-order valence-electron chi connectivity index (χ3n) is 2.70. The molecular formula is C12H10F3N3O2S. The average molecular weight is 317 g/mol. The van der Waals surface area contributed by atoms with E-state index < -0.39 is 33.7 Å². The Kier molecular flexibility index (Phi) is 4.84. The minimum Gasteiger partial charge on any atom is -0.258 e. The van der Waals surface area contributed by atoms with Crippen LogP contribution in [0, 0.1) is 10.1 Å². The number of hydrogen-bond donors (Lipinski definition) is 0. The van der Waals surface area contributed by atoms with Crippen molar-refractivity contribution in [3.05, 3.63) is 51.9 Å². The lowest BCUT2D eigenvalue weighted by atomic mass is 10.2. The molecule has 1 heterocycles. The summed E-state index contributed by atoms with van der Waals surface area (Å²) in [5.74, 6) is -1.29. The van der Waals surface area contributed by atoms with Crippen molar-refractivity contribution in [2.24, 2.45) is 9.36 Å². The monoisotopic (exact) mass is 317 g/mol. The summed E-state index contributed by atoms with van der Waals surface area (Å²) in [6, 6.07) is 5.77. The topological polar surface area (TPSA) is 67.9 Å². The predicted octanol–water partition coefficient (Wildman–Crippen LogP) is 3.90.